The number of ether oxygens (including phenoxy) is 1. The van der Waals surface area contributed by atoms with E-state index in [9.17, 15) is 4.79 Å². The van der Waals surface area contributed by atoms with Gasteiger partial charge in [-0.15, -0.1) is 11.8 Å². The molecule has 0 aliphatic heterocycles. The van der Waals surface area contributed by atoms with E-state index in [4.69, 9.17) is 9.15 Å². The van der Waals surface area contributed by atoms with Crippen molar-refractivity contribution >= 4 is 11.8 Å². The largest absolute Gasteiger partial charge is 0.497 e. The molecule has 1 heterocycles. The normalized spacial score (nSPS) is 10.7. The second kappa shape index (κ2) is 8.41. The van der Waals surface area contributed by atoms with E-state index in [0.717, 1.165) is 32.9 Å². The molecule has 4 rings (SSSR count). The average molecular weight is 400 g/mol. The van der Waals surface area contributed by atoms with E-state index in [0.29, 0.717) is 11.3 Å². The van der Waals surface area contributed by atoms with Crippen LogP contribution in [0.15, 0.2) is 99.0 Å². The Morgan fingerprint density at radius 1 is 0.793 bits per heavy atom. The molecule has 4 aromatic rings. The summed E-state index contributed by atoms with van der Waals surface area (Å²) in [6.07, 6.45) is 2.03. The van der Waals surface area contributed by atoms with Crippen molar-refractivity contribution in [3.05, 3.63) is 95.3 Å². The summed E-state index contributed by atoms with van der Waals surface area (Å²) in [5.74, 6) is 1.28. The Bertz CT molecular complexity index is 1160. The van der Waals surface area contributed by atoms with E-state index in [1.165, 1.54) is 0 Å². The van der Waals surface area contributed by atoms with Crippen LogP contribution in [0.25, 0.3) is 33.6 Å². The fourth-order valence-corrected chi connectivity index (χ4v) is 3.68. The van der Waals surface area contributed by atoms with Crippen LogP contribution in [-0.2, 0) is 0 Å². The quantitative estimate of drug-likeness (QED) is 0.365. The zero-order chi connectivity index (χ0) is 20.2. The number of thioether (sulfide) groups is 1. The summed E-state index contributed by atoms with van der Waals surface area (Å²) in [7, 11) is 1.62. The van der Waals surface area contributed by atoms with Gasteiger partial charge in [0, 0.05) is 16.0 Å². The monoisotopic (exact) mass is 400 g/mol. The number of hydrogen-bond acceptors (Lipinski definition) is 4. The molecule has 29 heavy (non-hydrogen) atoms. The lowest BCUT2D eigenvalue weighted by Crippen LogP contribution is -2.06. The van der Waals surface area contributed by atoms with Crippen LogP contribution in [0.4, 0.5) is 0 Å². The van der Waals surface area contributed by atoms with Crippen LogP contribution in [-0.4, -0.2) is 13.4 Å². The van der Waals surface area contributed by atoms with E-state index >= 15 is 0 Å². The Kier molecular flexibility index (Phi) is 5.54. The van der Waals surface area contributed by atoms with Gasteiger partial charge in [-0.05, 0) is 59.8 Å². The fourth-order valence-electron chi connectivity index (χ4n) is 3.27. The molecule has 144 valence electrons. The predicted octanol–water partition coefficient (Wildman–Crippen LogP) is 6.37. The van der Waals surface area contributed by atoms with Crippen molar-refractivity contribution in [2.24, 2.45) is 0 Å². The lowest BCUT2D eigenvalue weighted by atomic mass is 9.95. The molecule has 0 unspecified atom stereocenters. The van der Waals surface area contributed by atoms with Crippen molar-refractivity contribution in [1.82, 2.24) is 0 Å². The molecule has 0 atom stereocenters. The molecule has 0 bridgehead atoms. The molecule has 0 saturated carbocycles. The summed E-state index contributed by atoms with van der Waals surface area (Å²) in [6, 6.07) is 27.3. The summed E-state index contributed by atoms with van der Waals surface area (Å²) in [4.78, 5) is 14.2. The SMILES string of the molecule is COc1ccc(-c2cc(-c3ccccc3)c(-c3ccc(SC)cc3)c(=O)o2)cc1. The first-order valence-corrected chi connectivity index (χ1v) is 10.4. The number of rotatable bonds is 5. The first-order chi connectivity index (χ1) is 14.2. The molecular weight excluding hydrogens is 380 g/mol. The standard InChI is InChI=1S/C25H20O3S/c1-27-20-12-8-18(9-13-20)23-16-22(17-6-4-3-5-7-17)24(25(26)28-23)19-10-14-21(29-2)15-11-19/h3-16H,1-2H3. The summed E-state index contributed by atoms with van der Waals surface area (Å²) in [5.41, 5.74) is 3.71. The molecular formula is C25H20O3S. The smallest absolute Gasteiger partial charge is 0.344 e. The van der Waals surface area contributed by atoms with Gasteiger partial charge in [-0.2, -0.15) is 0 Å². The number of methoxy groups -OCH3 is 1. The summed E-state index contributed by atoms with van der Waals surface area (Å²) in [5, 5.41) is 0. The third kappa shape index (κ3) is 3.98. The highest BCUT2D eigenvalue weighted by Gasteiger charge is 2.16. The van der Waals surface area contributed by atoms with Gasteiger partial charge >= 0.3 is 5.63 Å². The van der Waals surface area contributed by atoms with Crippen molar-refractivity contribution in [1.29, 1.82) is 0 Å². The molecule has 3 aromatic carbocycles. The molecule has 0 radical (unpaired) electrons. The molecule has 0 fully saturated rings. The Balaban J connectivity index is 1.91. The van der Waals surface area contributed by atoms with Gasteiger partial charge in [0.15, 0.2) is 0 Å². The van der Waals surface area contributed by atoms with Crippen molar-refractivity contribution < 1.29 is 9.15 Å². The highest BCUT2D eigenvalue weighted by Crippen LogP contribution is 2.34. The second-order valence-electron chi connectivity index (χ2n) is 6.51. The zero-order valence-corrected chi connectivity index (χ0v) is 17.0. The van der Waals surface area contributed by atoms with E-state index in [1.54, 1.807) is 18.9 Å². The van der Waals surface area contributed by atoms with Gasteiger partial charge in [-0.1, -0.05) is 42.5 Å². The van der Waals surface area contributed by atoms with Crippen LogP contribution in [0.3, 0.4) is 0 Å². The van der Waals surface area contributed by atoms with Gasteiger partial charge in [0.2, 0.25) is 0 Å². The lowest BCUT2D eigenvalue weighted by molar-refractivity contribution is 0.415. The van der Waals surface area contributed by atoms with Crippen LogP contribution < -0.4 is 10.4 Å². The molecule has 1 aromatic heterocycles. The van der Waals surface area contributed by atoms with Gasteiger partial charge < -0.3 is 9.15 Å². The van der Waals surface area contributed by atoms with Crippen molar-refractivity contribution in [3.63, 3.8) is 0 Å². The first kappa shape index (κ1) is 19.1. The van der Waals surface area contributed by atoms with Gasteiger partial charge in [0.25, 0.3) is 0 Å². The van der Waals surface area contributed by atoms with Crippen molar-refractivity contribution in [2.75, 3.05) is 13.4 Å². The fraction of sp³-hybridized carbons (Fsp3) is 0.0800. The van der Waals surface area contributed by atoms with E-state index < -0.39 is 0 Å². The Labute approximate surface area is 174 Å². The minimum Gasteiger partial charge on any atom is -0.497 e. The Hall–Kier alpha value is -3.24. The van der Waals surface area contributed by atoms with E-state index in [-0.39, 0.29) is 5.63 Å². The van der Waals surface area contributed by atoms with Crippen molar-refractivity contribution in [3.8, 4) is 39.3 Å². The van der Waals surface area contributed by atoms with Crippen LogP contribution >= 0.6 is 11.8 Å². The molecule has 4 heteroatoms. The van der Waals surface area contributed by atoms with E-state index in [2.05, 4.69) is 0 Å². The molecule has 0 saturated heterocycles. The highest BCUT2D eigenvalue weighted by atomic mass is 32.2. The summed E-state index contributed by atoms with van der Waals surface area (Å²) >= 11 is 1.67. The van der Waals surface area contributed by atoms with E-state index in [1.807, 2.05) is 91.2 Å². The third-order valence-corrected chi connectivity index (χ3v) is 5.53. The maximum atomic E-state index is 13.1. The van der Waals surface area contributed by atoms with Crippen molar-refractivity contribution in [2.45, 2.75) is 4.90 Å². The Morgan fingerprint density at radius 3 is 2.07 bits per heavy atom. The molecule has 0 amide bonds. The second-order valence-corrected chi connectivity index (χ2v) is 7.39. The molecule has 0 spiro atoms. The summed E-state index contributed by atoms with van der Waals surface area (Å²) < 4.78 is 11.0. The third-order valence-electron chi connectivity index (χ3n) is 4.79. The Morgan fingerprint density at radius 2 is 1.45 bits per heavy atom. The number of hydrogen-bond donors (Lipinski definition) is 0. The lowest BCUT2D eigenvalue weighted by Gasteiger charge is -2.12. The zero-order valence-electron chi connectivity index (χ0n) is 16.2. The van der Waals surface area contributed by atoms with Crippen LogP contribution in [0.2, 0.25) is 0 Å². The van der Waals surface area contributed by atoms with Gasteiger partial charge in [0.05, 0.1) is 12.7 Å². The minimum atomic E-state index is -0.353. The van der Waals surface area contributed by atoms with Crippen LogP contribution in [0.5, 0.6) is 5.75 Å². The molecule has 0 aliphatic rings. The van der Waals surface area contributed by atoms with Gasteiger partial charge in [0.1, 0.15) is 11.5 Å². The molecule has 0 N–H and O–H groups in total. The molecule has 0 aliphatic carbocycles. The molecule has 3 nitrogen and oxygen atoms in total. The summed E-state index contributed by atoms with van der Waals surface area (Å²) in [6.45, 7) is 0. The first-order valence-electron chi connectivity index (χ1n) is 9.22. The average Bonchev–Trinajstić information content (AvgIpc) is 2.79. The van der Waals surface area contributed by atoms with Crippen LogP contribution in [0.1, 0.15) is 0 Å². The van der Waals surface area contributed by atoms with Crippen LogP contribution in [0, 0.1) is 0 Å². The van der Waals surface area contributed by atoms with Gasteiger partial charge in [-0.3, -0.25) is 0 Å². The predicted molar refractivity (Wildman–Crippen MR) is 120 cm³/mol. The highest BCUT2D eigenvalue weighted by molar-refractivity contribution is 7.98. The van der Waals surface area contributed by atoms with Gasteiger partial charge in [-0.25, -0.2) is 4.79 Å². The number of benzene rings is 3. The topological polar surface area (TPSA) is 39.4 Å². The minimum absolute atomic E-state index is 0.353. The maximum absolute atomic E-state index is 13.1. The maximum Gasteiger partial charge on any atom is 0.344 e.